The zero-order valence-electron chi connectivity index (χ0n) is 12.8. The second kappa shape index (κ2) is 8.81. The van der Waals surface area contributed by atoms with E-state index >= 15 is 0 Å². The molecule has 2 amide bonds. The number of oxazole rings is 1. The van der Waals surface area contributed by atoms with Crippen LogP contribution in [0.4, 0.5) is 4.79 Å². The molecule has 2 aromatic rings. The van der Waals surface area contributed by atoms with Crippen molar-refractivity contribution in [3.05, 3.63) is 36.4 Å². The largest absolute Gasteiger partial charge is 0.561 e. The zero-order valence-corrected chi connectivity index (χ0v) is 13.6. The molecule has 2 rings (SSSR count). The molecule has 1 aromatic carbocycles. The van der Waals surface area contributed by atoms with Crippen LogP contribution in [0.5, 0.6) is 5.75 Å². The Labute approximate surface area is 135 Å². The first-order valence-electron chi connectivity index (χ1n) is 6.51. The quantitative estimate of drug-likeness (QED) is 0.381. The number of benzene rings is 1. The summed E-state index contributed by atoms with van der Waals surface area (Å²) in [5.74, 6) is 4.47. The maximum Gasteiger partial charge on any atom is 0.338 e. The fourth-order valence-electron chi connectivity index (χ4n) is 1.50. The van der Waals surface area contributed by atoms with Gasteiger partial charge in [-0.15, -0.1) is 10.7 Å². The third kappa shape index (κ3) is 6.01. The summed E-state index contributed by atoms with van der Waals surface area (Å²) in [6.45, 7) is 3.72. The Morgan fingerprint density at radius 1 is 1.48 bits per heavy atom. The van der Waals surface area contributed by atoms with Crippen molar-refractivity contribution in [3.63, 3.8) is 0 Å². The van der Waals surface area contributed by atoms with E-state index in [2.05, 4.69) is 16.6 Å². The lowest BCUT2D eigenvalue weighted by atomic mass is 10.1. The summed E-state index contributed by atoms with van der Waals surface area (Å²) < 4.78 is 20.9. The van der Waals surface area contributed by atoms with Crippen molar-refractivity contribution in [1.82, 2.24) is 10.0 Å². The number of primary amides is 1. The predicted octanol–water partition coefficient (Wildman–Crippen LogP) is 2.12. The standard InChI is InChI=1S/C11H10NO3S.C3H8N2O2/c1-8-11(14-7-12-8)9-3-5-10(6-4-9)15-16(2)13;1-2-5(7)3(4)6/h3-7H,2H2,1H3;7H,2H2,1H3,(H2,4,6)/q-1;. The molecule has 0 aliphatic heterocycles. The van der Waals surface area contributed by atoms with Crippen LogP contribution in [0.2, 0.25) is 0 Å². The highest BCUT2D eigenvalue weighted by molar-refractivity contribution is 7.77. The Bertz CT molecular complexity index is 701. The number of carbonyl (C=O) groups excluding carboxylic acids is 1. The van der Waals surface area contributed by atoms with Crippen molar-refractivity contribution in [2.45, 2.75) is 13.8 Å². The van der Waals surface area contributed by atoms with E-state index in [1.165, 1.54) is 6.39 Å². The van der Waals surface area contributed by atoms with Gasteiger partial charge in [0.15, 0.2) is 12.2 Å². The molecule has 0 unspecified atom stereocenters. The minimum atomic E-state index is -1.55. The maximum absolute atomic E-state index is 10.7. The summed E-state index contributed by atoms with van der Waals surface area (Å²) in [5, 5.41) is 8.72. The Morgan fingerprint density at radius 3 is 2.43 bits per heavy atom. The molecule has 0 radical (unpaired) electrons. The second-order valence-electron chi connectivity index (χ2n) is 4.23. The summed E-state index contributed by atoms with van der Waals surface area (Å²) in [5.41, 5.74) is 6.31. The van der Waals surface area contributed by atoms with E-state index < -0.39 is 16.7 Å². The van der Waals surface area contributed by atoms with Crippen molar-refractivity contribution in [1.29, 1.82) is 0 Å². The molecule has 0 saturated carbocycles. The predicted molar refractivity (Wildman–Crippen MR) is 86.2 cm³/mol. The number of hydrogen-bond donors (Lipinski definition) is 2. The van der Waals surface area contributed by atoms with Crippen LogP contribution in [0, 0.1) is 6.92 Å². The Hall–Kier alpha value is -2.52. The fourth-order valence-corrected chi connectivity index (χ4v) is 1.83. The van der Waals surface area contributed by atoms with Crippen LogP contribution in [0.3, 0.4) is 0 Å². The summed E-state index contributed by atoms with van der Waals surface area (Å²) in [6.07, 6.45) is 1.40. The summed E-state index contributed by atoms with van der Waals surface area (Å²) in [7, 11) is -1.55. The maximum atomic E-state index is 10.7. The lowest BCUT2D eigenvalue weighted by molar-refractivity contribution is -0.0345. The number of rotatable bonds is 4. The monoisotopic (exact) mass is 340 g/mol. The van der Waals surface area contributed by atoms with Gasteiger partial charge in [0.05, 0.1) is 11.4 Å². The molecule has 3 N–H and O–H groups in total. The highest BCUT2D eigenvalue weighted by atomic mass is 32.2. The van der Waals surface area contributed by atoms with Crippen molar-refractivity contribution in [2.75, 3.05) is 6.54 Å². The molecule has 23 heavy (non-hydrogen) atoms. The fraction of sp³-hybridized carbons (Fsp3) is 0.214. The SMILES string of the molecule is C=[S-](=O)Oc1ccc(-c2ocnc2C)cc1.CCN(O)C(N)=O. The van der Waals surface area contributed by atoms with Gasteiger partial charge in [0.2, 0.25) is 0 Å². The van der Waals surface area contributed by atoms with E-state index in [0.29, 0.717) is 10.8 Å². The molecule has 0 saturated heterocycles. The Kier molecular flexibility index (Phi) is 7.10. The van der Waals surface area contributed by atoms with Crippen molar-refractivity contribution < 1.29 is 22.8 Å². The first-order valence-corrected chi connectivity index (χ1v) is 7.75. The molecule has 0 aliphatic rings. The number of amides is 2. The van der Waals surface area contributed by atoms with Crippen molar-refractivity contribution in [3.8, 4) is 17.1 Å². The molecule has 9 heteroatoms. The van der Waals surface area contributed by atoms with Crippen LogP contribution in [0.1, 0.15) is 12.6 Å². The third-order valence-electron chi connectivity index (χ3n) is 2.61. The summed E-state index contributed by atoms with van der Waals surface area (Å²) >= 11 is 0. The van der Waals surface area contributed by atoms with Gasteiger partial charge in [0.1, 0.15) is 0 Å². The van der Waals surface area contributed by atoms with Gasteiger partial charge in [-0.2, -0.15) is 5.87 Å². The third-order valence-corrected chi connectivity index (χ3v) is 2.98. The number of carbonyl (C=O) groups is 1. The highest BCUT2D eigenvalue weighted by Crippen LogP contribution is 2.24. The molecule has 0 aliphatic carbocycles. The van der Waals surface area contributed by atoms with E-state index in [-0.39, 0.29) is 6.54 Å². The molecule has 126 valence electrons. The molecular formula is C14H18N3O5S-. The first kappa shape index (κ1) is 18.5. The molecule has 0 fully saturated rings. The number of hydrogen-bond acceptors (Lipinski definition) is 7. The van der Waals surface area contributed by atoms with Gasteiger partial charge >= 0.3 is 6.03 Å². The van der Waals surface area contributed by atoms with Gasteiger partial charge in [-0.3, -0.25) is 5.21 Å². The number of aryl methyl sites for hydroxylation is 1. The van der Waals surface area contributed by atoms with Gasteiger partial charge < -0.3 is 18.5 Å². The molecule has 0 bridgehead atoms. The number of aromatic nitrogens is 1. The van der Waals surface area contributed by atoms with Crippen LogP contribution in [-0.2, 0) is 14.9 Å². The van der Waals surface area contributed by atoms with E-state index in [9.17, 15) is 9.00 Å². The lowest BCUT2D eigenvalue weighted by Crippen LogP contribution is -2.32. The molecule has 0 spiro atoms. The minimum Gasteiger partial charge on any atom is -0.561 e. The van der Waals surface area contributed by atoms with Gasteiger partial charge in [-0.1, -0.05) is 0 Å². The smallest absolute Gasteiger partial charge is 0.338 e. The molecule has 1 heterocycles. The zero-order chi connectivity index (χ0) is 17.4. The average molecular weight is 340 g/mol. The Balaban J connectivity index is 0.000000322. The summed E-state index contributed by atoms with van der Waals surface area (Å²) in [4.78, 5) is 13.8. The number of nitrogens with two attached hydrogens (primary N) is 1. The molecule has 8 nitrogen and oxygen atoms in total. The van der Waals surface area contributed by atoms with E-state index in [1.807, 2.05) is 19.1 Å². The van der Waals surface area contributed by atoms with Gasteiger partial charge in [-0.25, -0.2) is 14.8 Å². The molecular weight excluding hydrogens is 322 g/mol. The van der Waals surface area contributed by atoms with Crippen LogP contribution < -0.4 is 9.92 Å². The van der Waals surface area contributed by atoms with Crippen LogP contribution in [0.15, 0.2) is 35.1 Å². The Morgan fingerprint density at radius 2 is 2.09 bits per heavy atom. The number of nitrogens with zero attached hydrogens (tertiary/aromatic N) is 2. The minimum absolute atomic E-state index is 0.231. The van der Waals surface area contributed by atoms with Crippen LogP contribution in [0.25, 0.3) is 11.3 Å². The number of urea groups is 1. The molecule has 0 atom stereocenters. The van der Waals surface area contributed by atoms with E-state index in [1.54, 1.807) is 19.1 Å². The second-order valence-corrected chi connectivity index (χ2v) is 5.01. The van der Waals surface area contributed by atoms with Crippen LogP contribution >= 0.6 is 0 Å². The molecule has 1 aromatic heterocycles. The highest BCUT2D eigenvalue weighted by Gasteiger charge is 2.05. The van der Waals surface area contributed by atoms with E-state index in [4.69, 9.17) is 13.8 Å². The topological polar surface area (TPSA) is 119 Å². The number of hydroxylamine groups is 2. The lowest BCUT2D eigenvalue weighted by Gasteiger charge is -2.08. The normalized spacial score (nSPS) is 9.91. The summed E-state index contributed by atoms with van der Waals surface area (Å²) in [6, 6.07) is 6.23. The van der Waals surface area contributed by atoms with Gasteiger partial charge in [-0.05, 0) is 38.1 Å². The van der Waals surface area contributed by atoms with Gasteiger partial charge in [0, 0.05) is 12.1 Å². The average Bonchev–Trinajstić information content (AvgIpc) is 2.93. The van der Waals surface area contributed by atoms with E-state index in [0.717, 1.165) is 17.0 Å². The first-order chi connectivity index (χ1) is 10.8. The van der Waals surface area contributed by atoms with Gasteiger partial charge in [0.25, 0.3) is 0 Å². The van der Waals surface area contributed by atoms with Crippen molar-refractivity contribution >= 4 is 22.6 Å². The van der Waals surface area contributed by atoms with Crippen LogP contribution in [-0.4, -0.2) is 33.7 Å². The van der Waals surface area contributed by atoms with Crippen molar-refractivity contribution in [2.24, 2.45) is 5.73 Å².